The predicted molar refractivity (Wildman–Crippen MR) is 123 cm³/mol. The summed E-state index contributed by atoms with van der Waals surface area (Å²) in [6.07, 6.45) is 5.93. The summed E-state index contributed by atoms with van der Waals surface area (Å²) < 4.78 is 5.26. The van der Waals surface area contributed by atoms with Crippen molar-refractivity contribution in [1.82, 2.24) is 4.90 Å². The van der Waals surface area contributed by atoms with Gasteiger partial charge in [0.15, 0.2) is 0 Å². The second-order valence-corrected chi connectivity index (χ2v) is 8.70. The van der Waals surface area contributed by atoms with Crippen molar-refractivity contribution in [3.63, 3.8) is 0 Å². The van der Waals surface area contributed by atoms with Crippen molar-refractivity contribution < 1.29 is 14.3 Å². The molecule has 2 aromatic carbocycles. The molecule has 2 unspecified atom stereocenters. The van der Waals surface area contributed by atoms with Crippen LogP contribution in [-0.4, -0.2) is 35.2 Å². The fourth-order valence-corrected chi connectivity index (χ4v) is 5.18. The molecule has 0 bridgehead atoms. The van der Waals surface area contributed by atoms with Crippen LogP contribution >= 0.6 is 11.8 Å². The number of benzene rings is 2. The molecule has 4 nitrogen and oxygen atoms in total. The van der Waals surface area contributed by atoms with Crippen LogP contribution < -0.4 is 0 Å². The Hall–Kier alpha value is -2.27. The third-order valence-electron chi connectivity index (χ3n) is 5.40. The number of carbonyl (C=O) groups is 2. The minimum absolute atomic E-state index is 0.121. The zero-order valence-corrected chi connectivity index (χ0v) is 18.7. The molecule has 0 aliphatic carbocycles. The van der Waals surface area contributed by atoms with Crippen LogP contribution in [0.15, 0.2) is 54.6 Å². The second kappa shape index (κ2) is 11.2. The summed E-state index contributed by atoms with van der Waals surface area (Å²) in [6.45, 7) is 4.31. The summed E-state index contributed by atoms with van der Waals surface area (Å²) in [6, 6.07) is 17.2. The van der Waals surface area contributed by atoms with Crippen molar-refractivity contribution in [2.75, 3.05) is 12.4 Å². The van der Waals surface area contributed by atoms with Gasteiger partial charge in [-0.1, -0.05) is 68.7 Å². The number of hydrogen-bond acceptors (Lipinski definition) is 4. The van der Waals surface area contributed by atoms with Crippen LogP contribution in [0.2, 0.25) is 0 Å². The summed E-state index contributed by atoms with van der Waals surface area (Å²) in [4.78, 5) is 27.7. The van der Waals surface area contributed by atoms with Gasteiger partial charge in [-0.05, 0) is 43.0 Å². The molecule has 0 radical (unpaired) electrons. The predicted octanol–water partition coefficient (Wildman–Crippen LogP) is 5.63. The molecule has 160 valence electrons. The van der Waals surface area contributed by atoms with Gasteiger partial charge >= 0.3 is 5.97 Å². The molecule has 1 heterocycles. The Morgan fingerprint density at radius 2 is 1.73 bits per heavy atom. The van der Waals surface area contributed by atoms with Gasteiger partial charge in [-0.2, -0.15) is 0 Å². The van der Waals surface area contributed by atoms with Crippen LogP contribution in [0.5, 0.6) is 0 Å². The molecule has 1 aliphatic heterocycles. The van der Waals surface area contributed by atoms with Crippen molar-refractivity contribution in [2.45, 2.75) is 57.4 Å². The molecule has 1 amide bonds. The SMILES string of the molecule is CCCCCCc1ccc(C(=O)N2C(C(=O)OCC)CSC2c2ccccc2)cc1. The number of ether oxygens (including phenoxy) is 1. The first kappa shape index (κ1) is 22.4. The Balaban J connectivity index is 1.79. The Morgan fingerprint density at radius 3 is 2.40 bits per heavy atom. The number of amides is 1. The Labute approximate surface area is 184 Å². The van der Waals surface area contributed by atoms with Gasteiger partial charge in [0.25, 0.3) is 5.91 Å². The summed E-state index contributed by atoms with van der Waals surface area (Å²) >= 11 is 1.61. The van der Waals surface area contributed by atoms with E-state index in [1.807, 2.05) is 54.6 Å². The zero-order valence-electron chi connectivity index (χ0n) is 17.9. The molecule has 2 atom stereocenters. The molecule has 5 heteroatoms. The number of esters is 1. The maximum absolute atomic E-state index is 13.5. The van der Waals surface area contributed by atoms with E-state index in [-0.39, 0.29) is 17.3 Å². The number of nitrogens with zero attached hydrogens (tertiary/aromatic N) is 1. The van der Waals surface area contributed by atoms with E-state index in [4.69, 9.17) is 4.74 Å². The van der Waals surface area contributed by atoms with Gasteiger partial charge in [0.05, 0.1) is 6.61 Å². The molecule has 0 N–H and O–H groups in total. The molecule has 1 saturated heterocycles. The van der Waals surface area contributed by atoms with E-state index in [1.165, 1.54) is 31.2 Å². The first-order valence-corrected chi connectivity index (χ1v) is 11.9. The molecule has 30 heavy (non-hydrogen) atoms. The second-order valence-electron chi connectivity index (χ2n) is 7.58. The first-order valence-electron chi connectivity index (χ1n) is 10.9. The molecular formula is C25H31NO3S. The topological polar surface area (TPSA) is 46.6 Å². The Morgan fingerprint density at radius 1 is 1.00 bits per heavy atom. The first-order chi connectivity index (χ1) is 14.7. The summed E-state index contributed by atoms with van der Waals surface area (Å²) in [5.74, 6) is 0.0911. The van der Waals surface area contributed by atoms with Gasteiger partial charge < -0.3 is 9.64 Å². The fraction of sp³-hybridized carbons (Fsp3) is 0.440. The van der Waals surface area contributed by atoms with Crippen LogP contribution in [0, 0.1) is 0 Å². The third kappa shape index (κ3) is 5.45. The lowest BCUT2D eigenvalue weighted by Crippen LogP contribution is -2.43. The molecule has 0 aromatic heterocycles. The largest absolute Gasteiger partial charge is 0.464 e. The fourth-order valence-electron chi connectivity index (χ4n) is 3.77. The number of rotatable bonds is 9. The average Bonchev–Trinajstić information content (AvgIpc) is 3.23. The van der Waals surface area contributed by atoms with E-state index in [1.54, 1.807) is 23.6 Å². The number of carbonyl (C=O) groups excluding carboxylic acids is 2. The third-order valence-corrected chi connectivity index (χ3v) is 6.72. The van der Waals surface area contributed by atoms with E-state index in [0.29, 0.717) is 17.9 Å². The normalized spacial score (nSPS) is 18.4. The van der Waals surface area contributed by atoms with E-state index >= 15 is 0 Å². The highest BCUT2D eigenvalue weighted by molar-refractivity contribution is 7.99. The maximum Gasteiger partial charge on any atom is 0.329 e. The minimum atomic E-state index is -0.568. The van der Waals surface area contributed by atoms with Crippen molar-refractivity contribution >= 4 is 23.6 Å². The van der Waals surface area contributed by atoms with E-state index in [2.05, 4.69) is 6.92 Å². The van der Waals surface area contributed by atoms with Gasteiger partial charge in [0.1, 0.15) is 11.4 Å². The molecular weight excluding hydrogens is 394 g/mol. The highest BCUT2D eigenvalue weighted by Gasteiger charge is 2.43. The van der Waals surface area contributed by atoms with E-state index in [0.717, 1.165) is 12.0 Å². The van der Waals surface area contributed by atoms with Gasteiger partial charge in [-0.25, -0.2) is 4.79 Å². The van der Waals surface area contributed by atoms with Crippen LogP contribution in [0.25, 0.3) is 0 Å². The smallest absolute Gasteiger partial charge is 0.329 e. The van der Waals surface area contributed by atoms with Gasteiger partial charge in [0, 0.05) is 11.3 Å². The molecule has 3 rings (SSSR count). The van der Waals surface area contributed by atoms with Crippen LogP contribution in [0.1, 0.15) is 66.4 Å². The lowest BCUT2D eigenvalue weighted by atomic mass is 10.0. The molecule has 1 aliphatic rings. The molecule has 1 fully saturated rings. The van der Waals surface area contributed by atoms with Crippen molar-refractivity contribution in [3.05, 3.63) is 71.3 Å². The minimum Gasteiger partial charge on any atom is -0.464 e. The summed E-state index contributed by atoms with van der Waals surface area (Å²) in [5, 5.41) is -0.193. The van der Waals surface area contributed by atoms with Crippen LogP contribution in [-0.2, 0) is 16.0 Å². The lowest BCUT2D eigenvalue weighted by Gasteiger charge is -2.28. The summed E-state index contributed by atoms with van der Waals surface area (Å²) in [7, 11) is 0. The Kier molecular flexibility index (Phi) is 8.38. The highest BCUT2D eigenvalue weighted by Crippen LogP contribution is 2.42. The van der Waals surface area contributed by atoms with Gasteiger partial charge in [-0.15, -0.1) is 11.8 Å². The van der Waals surface area contributed by atoms with E-state index in [9.17, 15) is 9.59 Å². The summed E-state index contributed by atoms with van der Waals surface area (Å²) in [5.41, 5.74) is 2.89. The zero-order chi connectivity index (χ0) is 21.3. The van der Waals surface area contributed by atoms with Gasteiger partial charge in [0.2, 0.25) is 0 Å². The van der Waals surface area contributed by atoms with Crippen molar-refractivity contribution in [3.8, 4) is 0 Å². The molecule has 2 aromatic rings. The lowest BCUT2D eigenvalue weighted by molar-refractivity contribution is -0.147. The number of thioether (sulfide) groups is 1. The number of aryl methyl sites for hydroxylation is 1. The molecule has 0 spiro atoms. The average molecular weight is 426 g/mol. The van der Waals surface area contributed by atoms with Gasteiger partial charge in [-0.3, -0.25) is 4.79 Å². The van der Waals surface area contributed by atoms with Crippen molar-refractivity contribution in [2.24, 2.45) is 0 Å². The Bertz CT molecular complexity index is 822. The number of hydrogen-bond donors (Lipinski definition) is 0. The van der Waals surface area contributed by atoms with E-state index < -0.39 is 6.04 Å². The number of unbranched alkanes of at least 4 members (excludes halogenated alkanes) is 3. The maximum atomic E-state index is 13.5. The van der Waals surface area contributed by atoms with Crippen LogP contribution in [0.4, 0.5) is 0 Å². The quantitative estimate of drug-likeness (QED) is 0.386. The van der Waals surface area contributed by atoms with Crippen molar-refractivity contribution in [1.29, 1.82) is 0 Å². The monoisotopic (exact) mass is 425 g/mol. The van der Waals surface area contributed by atoms with Crippen LogP contribution in [0.3, 0.4) is 0 Å². The standard InChI is InChI=1S/C25H31NO3S/c1-3-5-6-8-11-19-14-16-20(17-15-19)23(27)26-22(25(28)29-4-2)18-30-24(26)21-12-9-7-10-13-21/h7,9-10,12-17,22,24H,3-6,8,11,18H2,1-2H3. The molecule has 0 saturated carbocycles. The highest BCUT2D eigenvalue weighted by atomic mass is 32.2.